The Kier molecular flexibility index (Phi) is 18.4. The van der Waals surface area contributed by atoms with Crippen LogP contribution in [0.3, 0.4) is 0 Å². The van der Waals surface area contributed by atoms with Crippen LogP contribution in [-0.4, -0.2) is 82.9 Å². The Morgan fingerprint density at radius 3 is 1.57 bits per heavy atom. The predicted molar refractivity (Wildman–Crippen MR) is 223 cm³/mol. The van der Waals surface area contributed by atoms with Crippen molar-refractivity contribution in [1.82, 2.24) is 39.5 Å². The average Bonchev–Trinajstić information content (AvgIpc) is 3.91. The molecular weight excluding hydrogens is 983 g/mol. The fourth-order valence-electron chi connectivity index (χ4n) is 5.18. The van der Waals surface area contributed by atoms with Crippen molar-refractivity contribution in [3.8, 4) is 23.0 Å². The lowest BCUT2D eigenvalue weighted by molar-refractivity contribution is -0.385. The van der Waals surface area contributed by atoms with E-state index in [1.165, 1.54) is 44.2 Å². The molecule has 4 N–H and O–H groups in total. The number of alkyl halides is 6. The van der Waals surface area contributed by atoms with Crippen LogP contribution in [0.25, 0.3) is 23.0 Å². The smallest absolute Gasteiger partial charge is 0.408 e. The lowest BCUT2D eigenvalue weighted by Crippen LogP contribution is -2.24. The molecule has 1 amide bonds. The van der Waals surface area contributed by atoms with E-state index < -0.39 is 89.5 Å². The highest BCUT2D eigenvalue weighted by molar-refractivity contribution is 8.26. The first-order valence-corrected chi connectivity index (χ1v) is 20.7. The second kappa shape index (κ2) is 22.8. The summed E-state index contributed by atoms with van der Waals surface area (Å²) in [7, 11) is 7.36. The predicted octanol–water partition coefficient (Wildman–Crippen LogP) is 8.90. The highest BCUT2D eigenvalue weighted by atomic mass is 36.0. The molecule has 6 rings (SSSR count). The number of nitrogen functional groups attached to an aromatic ring is 1. The maximum atomic E-state index is 14.2. The van der Waals surface area contributed by atoms with Gasteiger partial charge in [-0.1, -0.05) is 12.1 Å². The third-order valence-electron chi connectivity index (χ3n) is 8.59. The monoisotopic (exact) mass is 1010 g/mol. The van der Waals surface area contributed by atoms with Gasteiger partial charge in [-0.15, -0.1) is 20.4 Å². The normalized spacial score (nSPS) is 12.0. The zero-order valence-electron chi connectivity index (χ0n) is 34.1. The number of amides is 1. The van der Waals surface area contributed by atoms with Gasteiger partial charge in [-0.2, -0.15) is 26.3 Å². The number of rotatable bonds is 9. The van der Waals surface area contributed by atoms with Crippen LogP contribution in [0.15, 0.2) is 73.3 Å². The maximum Gasteiger partial charge on any atom is 0.408 e. The summed E-state index contributed by atoms with van der Waals surface area (Å²) in [6.45, 7) is 4.61. The number of aromatic nitrogens is 8. The molecule has 31 heteroatoms. The first kappa shape index (κ1) is 54.1. The van der Waals surface area contributed by atoms with E-state index in [0.29, 0.717) is 6.07 Å². The molecule has 2 atom stereocenters. The number of nitro groups is 2. The molecule has 0 aliphatic rings. The maximum absolute atomic E-state index is 14.2. The van der Waals surface area contributed by atoms with Crippen LogP contribution in [-0.2, 0) is 9.23 Å². The Labute approximate surface area is 381 Å². The van der Waals surface area contributed by atoms with E-state index in [-0.39, 0.29) is 45.8 Å². The number of carboxylic acid groups (broad SMARTS) is 1. The number of aryl methyl sites for hydroxylation is 2. The number of nitrogens with zero attached hydrogens (tertiary/aromatic N) is 10. The molecule has 4 aromatic heterocycles. The zero-order valence-corrected chi connectivity index (χ0v) is 36.5. The number of pyridine rings is 2. The number of anilines is 2. The molecule has 67 heavy (non-hydrogen) atoms. The summed E-state index contributed by atoms with van der Waals surface area (Å²) in [6, 6.07) is 8.27. The molecule has 20 nitrogen and oxygen atoms in total. The van der Waals surface area contributed by atoms with Gasteiger partial charge in [-0.3, -0.25) is 25.0 Å². The molecule has 2 aromatic carbocycles. The molecule has 0 aliphatic heterocycles. The fraction of sp³-hybridized carbons (Fsp3) is 0.222. The van der Waals surface area contributed by atoms with Crippen molar-refractivity contribution in [1.29, 1.82) is 0 Å². The summed E-state index contributed by atoms with van der Waals surface area (Å²) in [4.78, 5) is 50.8. The van der Waals surface area contributed by atoms with Crippen molar-refractivity contribution in [3.05, 3.63) is 127 Å². The lowest BCUT2D eigenvalue weighted by atomic mass is 10.1. The van der Waals surface area contributed by atoms with Crippen LogP contribution < -0.4 is 11.1 Å². The molecular formula is C36H30Cl2F8N12O8S. The fourth-order valence-corrected chi connectivity index (χ4v) is 5.18. The summed E-state index contributed by atoms with van der Waals surface area (Å²) in [5.41, 5.74) is 3.73. The van der Waals surface area contributed by atoms with Crippen LogP contribution in [0.1, 0.15) is 57.8 Å². The lowest BCUT2D eigenvalue weighted by Gasteiger charge is -2.18. The zero-order chi connectivity index (χ0) is 50.7. The molecule has 4 heterocycles. The van der Waals surface area contributed by atoms with Crippen LogP contribution in [0.4, 0.5) is 58.1 Å². The summed E-state index contributed by atoms with van der Waals surface area (Å²) in [5, 5.41) is 46.5. The minimum atomic E-state index is -4.55. The van der Waals surface area contributed by atoms with Gasteiger partial charge >= 0.3 is 18.3 Å². The van der Waals surface area contributed by atoms with Crippen molar-refractivity contribution in [2.24, 2.45) is 0 Å². The van der Waals surface area contributed by atoms with E-state index in [4.69, 9.17) is 15.0 Å². The quantitative estimate of drug-likeness (QED) is 0.0527. The van der Waals surface area contributed by atoms with Crippen molar-refractivity contribution < 1.29 is 63.9 Å². The standard InChI is InChI=1S/C18H14F4N6O3.C10H10F3N5.C8H6FNO4.Cl2OS/c1-9-6-12(19)11(7-14(9)28(30)31)17(29)25-15-5-3-4-13(24-15)16-26-23-8-27(16)10(2)18(20,21)22;1-6(10(11,12)13)18-5-15-17-9(18)7-3-2-4-8(14)16-7;1-4-2-6(9)5(8(11)12)3-7(4)10(13)14;1-4(2)3/h3-8,10H,1-2H3,(H,24,25,29);2-6H,1H3,(H2,14,16);2-3H,1H3,(H,11,12);/t10-;6-;;/m00../s1. The molecule has 358 valence electrons. The number of halogens is 10. The Balaban J connectivity index is 0.000000279. The molecule has 0 saturated carbocycles. The van der Waals surface area contributed by atoms with Gasteiger partial charge in [0.2, 0.25) is 9.23 Å². The van der Waals surface area contributed by atoms with Gasteiger partial charge in [0.15, 0.2) is 11.6 Å². The first-order valence-electron chi connectivity index (χ1n) is 17.9. The summed E-state index contributed by atoms with van der Waals surface area (Å²) in [5.74, 6) is -4.57. The van der Waals surface area contributed by atoms with Gasteiger partial charge in [-0.25, -0.2) is 27.8 Å². The number of hydrogen-bond acceptors (Lipinski definition) is 14. The van der Waals surface area contributed by atoms with Crippen molar-refractivity contribution >= 4 is 65.5 Å². The summed E-state index contributed by atoms with van der Waals surface area (Å²) < 4.78 is 115. The minimum absolute atomic E-state index is 0.0261. The van der Waals surface area contributed by atoms with E-state index in [1.54, 1.807) is 6.07 Å². The summed E-state index contributed by atoms with van der Waals surface area (Å²) >= 11 is 0. The van der Waals surface area contributed by atoms with Gasteiger partial charge in [0.1, 0.15) is 65.0 Å². The van der Waals surface area contributed by atoms with Crippen molar-refractivity contribution in [3.63, 3.8) is 0 Å². The number of aromatic carboxylic acids is 1. The molecule has 0 spiro atoms. The van der Waals surface area contributed by atoms with E-state index in [0.717, 1.165) is 53.8 Å². The summed E-state index contributed by atoms with van der Waals surface area (Å²) in [6.07, 6.45) is -7.00. The molecule has 0 aliphatic carbocycles. The van der Waals surface area contributed by atoms with Crippen molar-refractivity contribution in [2.45, 2.75) is 52.1 Å². The van der Waals surface area contributed by atoms with Gasteiger partial charge in [0.25, 0.3) is 17.3 Å². The molecule has 0 fully saturated rings. The van der Waals surface area contributed by atoms with E-state index in [1.807, 2.05) is 0 Å². The Hall–Kier alpha value is -7.27. The van der Waals surface area contributed by atoms with Crippen LogP contribution in [0.5, 0.6) is 0 Å². The van der Waals surface area contributed by atoms with Crippen LogP contribution in [0, 0.1) is 45.7 Å². The second-order valence-electron chi connectivity index (χ2n) is 13.1. The highest BCUT2D eigenvalue weighted by Crippen LogP contribution is 2.34. The highest BCUT2D eigenvalue weighted by Gasteiger charge is 2.40. The largest absolute Gasteiger partial charge is 0.478 e. The van der Waals surface area contributed by atoms with Crippen LogP contribution in [0.2, 0.25) is 0 Å². The van der Waals surface area contributed by atoms with Crippen molar-refractivity contribution in [2.75, 3.05) is 11.1 Å². The van der Waals surface area contributed by atoms with E-state index in [9.17, 15) is 64.9 Å². The SMILES string of the molecule is C[C@H](n1cnnc1-c1cccc(N)n1)C(F)(F)F.Cc1cc(F)c(C(=O)Nc2cccc(-c3nncn3[C@@H](C)C(F)(F)F)n2)cc1[N+](=O)[O-].Cc1cc(F)c(C(=O)O)cc1[N+](=O)[O-].O=S(Cl)Cl. The van der Waals surface area contributed by atoms with Crippen LogP contribution >= 0.6 is 21.4 Å². The second-order valence-corrected chi connectivity index (χ2v) is 15.6. The number of hydrogen-bond donors (Lipinski definition) is 3. The number of nitrogens with two attached hydrogens (primary N) is 1. The van der Waals surface area contributed by atoms with Gasteiger partial charge in [-0.05, 0) is 64.1 Å². The van der Waals surface area contributed by atoms with Gasteiger partial charge < -0.3 is 25.3 Å². The molecule has 0 saturated heterocycles. The van der Waals surface area contributed by atoms with Gasteiger partial charge in [0.05, 0.1) is 15.4 Å². The molecule has 6 aromatic rings. The van der Waals surface area contributed by atoms with E-state index >= 15 is 0 Å². The number of nitrogens with one attached hydrogen (secondary N) is 1. The van der Waals surface area contributed by atoms with Gasteiger partial charge in [0, 0.05) is 44.6 Å². The Morgan fingerprint density at radius 1 is 0.761 bits per heavy atom. The number of carbonyl (C=O) groups is 2. The first-order chi connectivity index (χ1) is 31.0. The Morgan fingerprint density at radius 2 is 1.16 bits per heavy atom. The molecule has 0 bridgehead atoms. The number of benzene rings is 2. The van der Waals surface area contributed by atoms with E-state index in [2.05, 4.69) is 57.0 Å². The number of nitro benzene ring substituents is 2. The minimum Gasteiger partial charge on any atom is -0.478 e. The molecule has 0 radical (unpaired) electrons. The number of carboxylic acids is 1. The number of carbonyl (C=O) groups excluding carboxylic acids is 1. The average molecular weight is 1010 g/mol. The topological polar surface area (TPSA) is 283 Å². The Bertz CT molecular complexity index is 2760. The third kappa shape index (κ3) is 14.9. The third-order valence-corrected chi connectivity index (χ3v) is 8.59. The molecule has 0 unspecified atom stereocenters.